The highest BCUT2D eigenvalue weighted by Gasteiger charge is 2.47. The van der Waals surface area contributed by atoms with Gasteiger partial charge in [0.25, 0.3) is 5.91 Å². The zero-order valence-electron chi connectivity index (χ0n) is 16.7. The van der Waals surface area contributed by atoms with Gasteiger partial charge in [-0.2, -0.15) is 31.4 Å². The van der Waals surface area contributed by atoms with Crippen molar-refractivity contribution in [2.24, 2.45) is 0 Å². The molecule has 2 aromatic heterocycles. The van der Waals surface area contributed by atoms with Gasteiger partial charge in [0.05, 0.1) is 21.1 Å². The Labute approximate surface area is 201 Å². The van der Waals surface area contributed by atoms with Crippen LogP contribution in [0.5, 0.6) is 0 Å². The van der Waals surface area contributed by atoms with E-state index >= 15 is 0 Å². The molecule has 1 amide bonds. The lowest BCUT2D eigenvalue weighted by Gasteiger charge is -2.33. The number of carbonyl (C=O) groups is 1. The number of carbonyl (C=O) groups excluding carboxylic acids is 1. The van der Waals surface area contributed by atoms with E-state index in [9.17, 15) is 31.1 Å². The fourth-order valence-corrected chi connectivity index (χ4v) is 4.26. The number of rotatable bonds is 3. The average Bonchev–Trinajstić information content (AvgIpc) is 3.10. The van der Waals surface area contributed by atoms with Crippen molar-refractivity contribution in [2.45, 2.75) is 30.9 Å². The number of nitrogens with zero attached hydrogens (tertiary/aromatic N) is 3. The molecule has 2 atom stereocenters. The van der Waals surface area contributed by atoms with Crippen LogP contribution < -0.4 is 10.6 Å². The van der Waals surface area contributed by atoms with Crippen LogP contribution in [0.15, 0.2) is 47.1 Å². The maximum absolute atomic E-state index is 13.9. The predicted octanol–water partition coefficient (Wildman–Crippen LogP) is 6.63. The maximum Gasteiger partial charge on any atom is 0.417 e. The molecule has 14 heteroatoms. The minimum Gasteiger partial charge on any atom is -0.362 e. The Morgan fingerprint density at radius 3 is 2.44 bits per heavy atom. The molecule has 0 saturated carbocycles. The number of halogens is 8. The summed E-state index contributed by atoms with van der Waals surface area (Å²) >= 11 is 8.93. The Morgan fingerprint density at radius 2 is 1.85 bits per heavy atom. The van der Waals surface area contributed by atoms with Crippen LogP contribution in [0.1, 0.15) is 40.1 Å². The SMILES string of the molecule is O=C(Nc1ncc(C(F)(F)F)cc1Cl)c1nn2c(c1Br)N[C@H](c1ccccc1)C[C@H]2C(F)(F)F. The van der Waals surface area contributed by atoms with Crippen LogP contribution >= 0.6 is 27.5 Å². The first-order valence-electron chi connectivity index (χ1n) is 9.56. The lowest BCUT2D eigenvalue weighted by molar-refractivity contribution is -0.173. The van der Waals surface area contributed by atoms with E-state index in [0.29, 0.717) is 22.5 Å². The van der Waals surface area contributed by atoms with Crippen molar-refractivity contribution in [2.75, 3.05) is 10.6 Å². The molecule has 0 radical (unpaired) electrons. The molecule has 0 spiro atoms. The van der Waals surface area contributed by atoms with Crippen LogP contribution in [0.3, 0.4) is 0 Å². The number of nitrogens with one attached hydrogen (secondary N) is 2. The molecule has 4 rings (SSSR count). The van der Waals surface area contributed by atoms with Crippen molar-refractivity contribution in [1.82, 2.24) is 14.8 Å². The van der Waals surface area contributed by atoms with Crippen molar-refractivity contribution < 1.29 is 31.1 Å². The minimum absolute atomic E-state index is 0.0529. The molecule has 0 fully saturated rings. The summed E-state index contributed by atoms with van der Waals surface area (Å²) in [6, 6.07) is 6.31. The first-order valence-corrected chi connectivity index (χ1v) is 10.7. The van der Waals surface area contributed by atoms with E-state index < -0.39 is 52.4 Å². The predicted molar refractivity (Wildman–Crippen MR) is 115 cm³/mol. The molecule has 1 aliphatic rings. The highest BCUT2D eigenvalue weighted by atomic mass is 79.9. The third-order valence-corrected chi connectivity index (χ3v) is 6.15. The lowest BCUT2D eigenvalue weighted by atomic mass is 9.97. The van der Waals surface area contributed by atoms with E-state index in [2.05, 4.69) is 36.6 Å². The number of pyridine rings is 1. The molecule has 180 valence electrons. The summed E-state index contributed by atoms with van der Waals surface area (Å²) < 4.78 is 80.6. The van der Waals surface area contributed by atoms with Gasteiger partial charge in [-0.15, -0.1) is 0 Å². The van der Waals surface area contributed by atoms with Crippen molar-refractivity contribution in [3.63, 3.8) is 0 Å². The third kappa shape index (κ3) is 4.71. The Hall–Kier alpha value is -2.80. The van der Waals surface area contributed by atoms with E-state index in [4.69, 9.17) is 11.6 Å². The summed E-state index contributed by atoms with van der Waals surface area (Å²) in [4.78, 5) is 16.2. The summed E-state index contributed by atoms with van der Waals surface area (Å²) in [6.45, 7) is 0. The van der Waals surface area contributed by atoms with E-state index in [1.807, 2.05) is 0 Å². The molecule has 3 heterocycles. The summed E-state index contributed by atoms with van der Waals surface area (Å²) in [7, 11) is 0. The number of amides is 1. The second-order valence-electron chi connectivity index (χ2n) is 7.36. The molecule has 0 bridgehead atoms. The monoisotopic (exact) mass is 567 g/mol. The van der Waals surface area contributed by atoms with Gasteiger partial charge < -0.3 is 10.6 Å². The molecule has 0 unspecified atom stereocenters. The fourth-order valence-electron chi connectivity index (χ4n) is 3.49. The topological polar surface area (TPSA) is 71.8 Å². The average molecular weight is 569 g/mol. The molecule has 1 aromatic carbocycles. The molecule has 0 aliphatic carbocycles. The Kier molecular flexibility index (Phi) is 6.27. The normalized spacial score (nSPS) is 18.2. The second-order valence-corrected chi connectivity index (χ2v) is 8.56. The van der Waals surface area contributed by atoms with Crippen molar-refractivity contribution in [3.8, 4) is 0 Å². The molecule has 1 aliphatic heterocycles. The molecule has 2 N–H and O–H groups in total. The smallest absolute Gasteiger partial charge is 0.362 e. The number of hydrogen-bond acceptors (Lipinski definition) is 4. The molecule has 0 saturated heterocycles. The number of anilines is 2. The zero-order valence-corrected chi connectivity index (χ0v) is 19.0. The second kappa shape index (κ2) is 8.77. The van der Waals surface area contributed by atoms with E-state index in [0.717, 1.165) is 0 Å². The molecular weight excluding hydrogens is 556 g/mol. The standard InChI is InChI=1S/C20H13BrClF6N5O/c21-14-15(18(34)31-16-11(22)6-10(8-29-16)19(23,24)25)32-33-13(20(26,27)28)7-12(30-17(14)33)9-4-2-1-3-5-9/h1-6,8,12-13,30H,7H2,(H,29,31,34)/t12-,13-/m0/s1. The van der Waals surface area contributed by atoms with Gasteiger partial charge >= 0.3 is 12.4 Å². The Bertz CT molecular complexity index is 1230. The van der Waals surface area contributed by atoms with E-state index in [-0.39, 0.29) is 16.7 Å². The Morgan fingerprint density at radius 1 is 1.18 bits per heavy atom. The lowest BCUT2D eigenvalue weighted by Crippen LogP contribution is -2.35. The van der Waals surface area contributed by atoms with Crippen LogP contribution in [0, 0.1) is 0 Å². The van der Waals surface area contributed by atoms with E-state index in [1.54, 1.807) is 30.3 Å². The van der Waals surface area contributed by atoms with Gasteiger partial charge in [0.15, 0.2) is 17.6 Å². The quantitative estimate of drug-likeness (QED) is 0.348. The highest BCUT2D eigenvalue weighted by molar-refractivity contribution is 9.10. The first kappa shape index (κ1) is 24.3. The van der Waals surface area contributed by atoms with Crippen molar-refractivity contribution in [3.05, 3.63) is 68.9 Å². The summed E-state index contributed by atoms with van der Waals surface area (Å²) in [6.07, 6.45) is -9.26. The fraction of sp³-hybridized carbons (Fsp3) is 0.250. The number of fused-ring (bicyclic) bond motifs is 1. The number of hydrogen-bond donors (Lipinski definition) is 2. The van der Waals surface area contributed by atoms with Crippen molar-refractivity contribution in [1.29, 1.82) is 0 Å². The first-order chi connectivity index (χ1) is 15.9. The summed E-state index contributed by atoms with van der Waals surface area (Å²) in [5.74, 6) is -1.49. The zero-order chi connectivity index (χ0) is 24.8. The van der Waals surface area contributed by atoms with Gasteiger partial charge in [-0.25, -0.2) is 9.67 Å². The number of benzene rings is 1. The summed E-state index contributed by atoms with van der Waals surface area (Å²) in [5.41, 5.74) is -0.940. The summed E-state index contributed by atoms with van der Waals surface area (Å²) in [5, 5.41) is 8.48. The van der Waals surface area contributed by atoms with Gasteiger partial charge in [-0.05, 0) is 27.6 Å². The minimum atomic E-state index is -4.70. The van der Waals surface area contributed by atoms with E-state index in [1.165, 1.54) is 0 Å². The number of aromatic nitrogens is 3. The third-order valence-electron chi connectivity index (χ3n) is 5.11. The Balaban J connectivity index is 1.67. The molecule has 3 aromatic rings. The highest BCUT2D eigenvalue weighted by Crippen LogP contribution is 2.46. The molecular formula is C20H13BrClF6N5O. The van der Waals surface area contributed by atoms with Gasteiger partial charge in [0, 0.05) is 12.6 Å². The van der Waals surface area contributed by atoms with Crippen LogP contribution in [0.4, 0.5) is 38.0 Å². The molecule has 34 heavy (non-hydrogen) atoms. The van der Waals surface area contributed by atoms with Crippen molar-refractivity contribution >= 4 is 45.1 Å². The van der Waals surface area contributed by atoms with Gasteiger partial charge in [0.1, 0.15) is 5.82 Å². The van der Waals surface area contributed by atoms with Gasteiger partial charge in [-0.3, -0.25) is 4.79 Å². The largest absolute Gasteiger partial charge is 0.417 e. The van der Waals surface area contributed by atoms with Gasteiger partial charge in [0.2, 0.25) is 0 Å². The van der Waals surface area contributed by atoms with Crippen LogP contribution in [-0.2, 0) is 6.18 Å². The van der Waals surface area contributed by atoms with Crippen LogP contribution in [0.25, 0.3) is 0 Å². The van der Waals surface area contributed by atoms with Gasteiger partial charge in [-0.1, -0.05) is 41.9 Å². The number of alkyl halides is 6. The van der Waals surface area contributed by atoms with Crippen LogP contribution in [-0.4, -0.2) is 26.8 Å². The maximum atomic E-state index is 13.9. The molecule has 6 nitrogen and oxygen atoms in total. The van der Waals surface area contributed by atoms with Crippen LogP contribution in [0.2, 0.25) is 5.02 Å².